The second-order valence-corrected chi connectivity index (χ2v) is 7.24. The van der Waals surface area contributed by atoms with Gasteiger partial charge in [0.05, 0.1) is 6.54 Å². The maximum absolute atomic E-state index is 5.83. The number of hydrogen-bond acceptors (Lipinski definition) is 6. The Kier molecular flexibility index (Phi) is 5.99. The zero-order chi connectivity index (χ0) is 19.2. The summed E-state index contributed by atoms with van der Waals surface area (Å²) in [6, 6.07) is 18.0. The molecule has 146 valence electrons. The summed E-state index contributed by atoms with van der Waals surface area (Å²) in [6.45, 7) is 5.57. The molecule has 0 spiro atoms. The van der Waals surface area contributed by atoms with Crippen LogP contribution in [0.2, 0.25) is 0 Å². The maximum atomic E-state index is 5.83. The molecule has 0 aliphatic carbocycles. The Morgan fingerprint density at radius 2 is 1.79 bits per heavy atom. The molecule has 0 bridgehead atoms. The van der Waals surface area contributed by atoms with Crippen molar-refractivity contribution in [2.24, 2.45) is 0 Å². The van der Waals surface area contributed by atoms with Crippen LogP contribution < -0.4 is 4.74 Å². The third kappa shape index (κ3) is 4.97. The molecule has 0 amide bonds. The van der Waals surface area contributed by atoms with Gasteiger partial charge in [0.1, 0.15) is 12.4 Å². The minimum absolute atomic E-state index is 0.553. The molecule has 1 aliphatic heterocycles. The van der Waals surface area contributed by atoms with Crippen LogP contribution in [0.15, 0.2) is 59.1 Å². The molecule has 0 atom stereocenters. The minimum atomic E-state index is 0.553. The van der Waals surface area contributed by atoms with Gasteiger partial charge in [0, 0.05) is 18.7 Å². The quantitative estimate of drug-likeness (QED) is 0.655. The van der Waals surface area contributed by atoms with Crippen molar-refractivity contribution in [3.8, 4) is 17.1 Å². The summed E-state index contributed by atoms with van der Waals surface area (Å²) < 4.78 is 11.3. The molecule has 2 aromatic carbocycles. The highest BCUT2D eigenvalue weighted by Gasteiger charge is 2.16. The van der Waals surface area contributed by atoms with E-state index in [2.05, 4.69) is 39.1 Å². The van der Waals surface area contributed by atoms with Gasteiger partial charge in [-0.1, -0.05) is 35.5 Å². The molecule has 28 heavy (non-hydrogen) atoms. The van der Waals surface area contributed by atoms with E-state index in [9.17, 15) is 0 Å². The van der Waals surface area contributed by atoms with Crippen molar-refractivity contribution < 1.29 is 9.26 Å². The van der Waals surface area contributed by atoms with Crippen LogP contribution in [0.4, 0.5) is 0 Å². The maximum Gasteiger partial charge on any atom is 0.241 e. The van der Waals surface area contributed by atoms with Crippen molar-refractivity contribution in [1.29, 1.82) is 0 Å². The van der Waals surface area contributed by atoms with Gasteiger partial charge >= 0.3 is 0 Å². The Morgan fingerprint density at radius 1 is 0.964 bits per heavy atom. The van der Waals surface area contributed by atoms with Gasteiger partial charge < -0.3 is 14.2 Å². The predicted octanol–water partition coefficient (Wildman–Crippen LogP) is 3.45. The summed E-state index contributed by atoms with van der Waals surface area (Å²) in [7, 11) is 2.17. The monoisotopic (exact) mass is 378 g/mol. The van der Waals surface area contributed by atoms with Crippen molar-refractivity contribution in [2.45, 2.75) is 19.6 Å². The predicted molar refractivity (Wildman–Crippen MR) is 108 cm³/mol. The fourth-order valence-electron chi connectivity index (χ4n) is 3.33. The van der Waals surface area contributed by atoms with Crippen LogP contribution in [0.5, 0.6) is 5.75 Å². The first-order chi connectivity index (χ1) is 13.8. The normalized spacial score (nSPS) is 16.0. The van der Waals surface area contributed by atoms with Gasteiger partial charge in [-0.05, 0) is 56.4 Å². The number of hydrogen-bond donors (Lipinski definition) is 0. The topological polar surface area (TPSA) is 54.6 Å². The molecule has 6 nitrogen and oxygen atoms in total. The van der Waals surface area contributed by atoms with Crippen molar-refractivity contribution in [2.75, 3.05) is 33.2 Å². The second-order valence-electron chi connectivity index (χ2n) is 7.24. The first kappa shape index (κ1) is 18.7. The van der Waals surface area contributed by atoms with Gasteiger partial charge in [0.2, 0.25) is 11.7 Å². The van der Waals surface area contributed by atoms with E-state index >= 15 is 0 Å². The summed E-state index contributed by atoms with van der Waals surface area (Å²) >= 11 is 0. The van der Waals surface area contributed by atoms with Crippen molar-refractivity contribution in [3.63, 3.8) is 0 Å². The summed E-state index contributed by atoms with van der Waals surface area (Å²) in [6.07, 6.45) is 1.17. The highest BCUT2D eigenvalue weighted by Crippen LogP contribution is 2.21. The van der Waals surface area contributed by atoms with Gasteiger partial charge in [-0.25, -0.2) is 0 Å². The number of rotatable bonds is 6. The molecule has 0 unspecified atom stereocenters. The minimum Gasteiger partial charge on any atom is -0.489 e. The van der Waals surface area contributed by atoms with E-state index in [4.69, 9.17) is 9.26 Å². The molecule has 1 saturated heterocycles. The van der Waals surface area contributed by atoms with Crippen LogP contribution >= 0.6 is 0 Å². The van der Waals surface area contributed by atoms with Crippen LogP contribution in [-0.4, -0.2) is 53.2 Å². The number of ether oxygens (including phenoxy) is 1. The molecule has 0 saturated carbocycles. The lowest BCUT2D eigenvalue weighted by molar-refractivity contribution is 0.231. The fraction of sp³-hybridized carbons (Fsp3) is 0.364. The fourth-order valence-corrected chi connectivity index (χ4v) is 3.33. The molecule has 1 fully saturated rings. The van der Waals surface area contributed by atoms with E-state index in [0.717, 1.165) is 43.1 Å². The van der Waals surface area contributed by atoms with Crippen LogP contribution in [0.25, 0.3) is 11.4 Å². The first-order valence-corrected chi connectivity index (χ1v) is 9.77. The number of benzene rings is 2. The molecule has 2 heterocycles. The summed E-state index contributed by atoms with van der Waals surface area (Å²) in [5, 5.41) is 4.15. The van der Waals surface area contributed by atoms with E-state index in [0.29, 0.717) is 24.9 Å². The molecule has 1 aromatic heterocycles. The Labute approximate surface area is 165 Å². The molecule has 6 heteroatoms. The largest absolute Gasteiger partial charge is 0.489 e. The number of likely N-dealkylation sites (N-methyl/N-ethyl adjacent to an activating group) is 1. The van der Waals surface area contributed by atoms with E-state index in [1.54, 1.807) is 0 Å². The van der Waals surface area contributed by atoms with E-state index < -0.39 is 0 Å². The Hall–Kier alpha value is -2.70. The average Bonchev–Trinajstić information content (AvgIpc) is 3.10. The lowest BCUT2D eigenvalue weighted by Crippen LogP contribution is -2.28. The zero-order valence-electron chi connectivity index (χ0n) is 16.3. The van der Waals surface area contributed by atoms with Gasteiger partial charge in [-0.3, -0.25) is 4.90 Å². The van der Waals surface area contributed by atoms with Crippen LogP contribution in [0, 0.1) is 0 Å². The van der Waals surface area contributed by atoms with Crippen molar-refractivity contribution in [3.05, 3.63) is 66.1 Å². The molecule has 0 N–H and O–H groups in total. The molecular formula is C22H26N4O2. The van der Waals surface area contributed by atoms with Crippen molar-refractivity contribution >= 4 is 0 Å². The zero-order valence-corrected chi connectivity index (χ0v) is 16.3. The number of aromatic nitrogens is 2. The molecule has 1 aliphatic rings. The first-order valence-electron chi connectivity index (χ1n) is 9.77. The Bertz CT molecular complexity index is 864. The standard InChI is InChI=1S/C22H26N4O2/c1-25-12-5-13-26(15-14-25)16-21-23-22(24-28-21)19-8-10-20(11-9-19)27-17-18-6-3-2-4-7-18/h2-4,6-11H,5,12-17H2,1H3. The lowest BCUT2D eigenvalue weighted by Gasteiger charge is -2.17. The van der Waals surface area contributed by atoms with Gasteiger partial charge in [0.15, 0.2) is 0 Å². The summed E-state index contributed by atoms with van der Waals surface area (Å²) in [4.78, 5) is 9.31. The van der Waals surface area contributed by atoms with Crippen LogP contribution in [0.1, 0.15) is 17.9 Å². The molecule has 3 aromatic rings. The average molecular weight is 378 g/mol. The van der Waals surface area contributed by atoms with Gasteiger partial charge in [0.25, 0.3) is 0 Å². The van der Waals surface area contributed by atoms with Gasteiger partial charge in [-0.2, -0.15) is 4.98 Å². The van der Waals surface area contributed by atoms with E-state index in [1.807, 2.05) is 42.5 Å². The van der Waals surface area contributed by atoms with E-state index in [1.165, 1.54) is 6.42 Å². The Morgan fingerprint density at radius 3 is 2.61 bits per heavy atom. The van der Waals surface area contributed by atoms with E-state index in [-0.39, 0.29) is 0 Å². The highest BCUT2D eigenvalue weighted by atomic mass is 16.5. The van der Waals surface area contributed by atoms with Crippen LogP contribution in [0.3, 0.4) is 0 Å². The summed E-state index contributed by atoms with van der Waals surface area (Å²) in [5.41, 5.74) is 2.08. The smallest absolute Gasteiger partial charge is 0.241 e. The molecular weight excluding hydrogens is 352 g/mol. The third-order valence-electron chi connectivity index (χ3n) is 5.00. The number of nitrogens with zero attached hydrogens (tertiary/aromatic N) is 4. The Balaban J connectivity index is 1.34. The lowest BCUT2D eigenvalue weighted by atomic mass is 10.2. The van der Waals surface area contributed by atoms with Gasteiger partial charge in [-0.15, -0.1) is 0 Å². The second kappa shape index (κ2) is 8.99. The molecule has 4 rings (SSSR count). The van der Waals surface area contributed by atoms with Crippen LogP contribution in [-0.2, 0) is 13.2 Å². The highest BCUT2D eigenvalue weighted by molar-refractivity contribution is 5.55. The summed E-state index contributed by atoms with van der Waals surface area (Å²) in [5.74, 6) is 2.12. The SMILES string of the molecule is CN1CCCN(Cc2nc(-c3ccc(OCc4ccccc4)cc3)no2)CC1. The molecule has 0 radical (unpaired) electrons. The van der Waals surface area contributed by atoms with Crippen molar-refractivity contribution in [1.82, 2.24) is 19.9 Å². The third-order valence-corrected chi connectivity index (χ3v) is 5.00.